The molecule has 0 N–H and O–H groups in total. The van der Waals surface area contributed by atoms with Gasteiger partial charge >= 0.3 is 6.09 Å². The second-order valence-electron chi connectivity index (χ2n) is 7.43. The Morgan fingerprint density at radius 3 is 2.46 bits per heavy atom. The molecule has 1 amide bonds. The van der Waals surface area contributed by atoms with Crippen molar-refractivity contribution in [1.82, 2.24) is 9.21 Å². The molecule has 2 aliphatic heterocycles. The Bertz CT molecular complexity index is 780. The van der Waals surface area contributed by atoms with E-state index in [1.165, 1.54) is 10.7 Å². The highest BCUT2D eigenvalue weighted by Gasteiger charge is 2.48. The van der Waals surface area contributed by atoms with Crippen LogP contribution in [0.4, 0.5) is 4.79 Å². The predicted molar refractivity (Wildman–Crippen MR) is 100 cm³/mol. The third-order valence-corrected chi connectivity index (χ3v) is 9.37. The minimum Gasteiger partial charge on any atom is -0.441 e. The molecular weight excluding hydrogens is 396 g/mol. The molecular formula is C17H23ClN2O4S2. The largest absolute Gasteiger partial charge is 0.441 e. The van der Waals surface area contributed by atoms with Gasteiger partial charge in [-0.2, -0.15) is 4.31 Å². The number of piperidine rings is 1. The maximum absolute atomic E-state index is 12.7. The molecule has 6 nitrogen and oxygen atoms in total. The van der Waals surface area contributed by atoms with Crippen LogP contribution in [0, 0.1) is 0 Å². The fourth-order valence-electron chi connectivity index (χ4n) is 4.34. The van der Waals surface area contributed by atoms with E-state index in [0.29, 0.717) is 36.8 Å². The number of sulfonamides is 1. The summed E-state index contributed by atoms with van der Waals surface area (Å²) in [6.07, 6.45) is 6.39. The van der Waals surface area contributed by atoms with E-state index in [2.05, 4.69) is 0 Å². The van der Waals surface area contributed by atoms with Crippen molar-refractivity contribution < 1.29 is 17.9 Å². The van der Waals surface area contributed by atoms with Gasteiger partial charge in [0.25, 0.3) is 10.0 Å². The van der Waals surface area contributed by atoms with E-state index in [1.807, 2.05) is 4.90 Å². The van der Waals surface area contributed by atoms with E-state index in [1.54, 1.807) is 12.1 Å². The quantitative estimate of drug-likeness (QED) is 0.750. The van der Waals surface area contributed by atoms with Gasteiger partial charge in [0.15, 0.2) is 0 Å². The van der Waals surface area contributed by atoms with Crippen molar-refractivity contribution in [2.75, 3.05) is 19.6 Å². The summed E-state index contributed by atoms with van der Waals surface area (Å²) in [7, 11) is -3.50. The second-order valence-corrected chi connectivity index (χ2v) is 11.3. The Balaban J connectivity index is 1.40. The summed E-state index contributed by atoms with van der Waals surface area (Å²) < 4.78 is 33.4. The van der Waals surface area contributed by atoms with Crippen LogP contribution in [-0.4, -0.2) is 55.0 Å². The van der Waals surface area contributed by atoms with Crippen molar-refractivity contribution in [3.05, 3.63) is 16.5 Å². The molecule has 0 atom stereocenters. The van der Waals surface area contributed by atoms with Crippen LogP contribution in [0.3, 0.4) is 0 Å². The molecule has 0 bridgehead atoms. The molecule has 3 aliphatic rings. The third kappa shape index (κ3) is 3.37. The average Bonchev–Trinajstić information content (AvgIpc) is 3.20. The summed E-state index contributed by atoms with van der Waals surface area (Å²) in [4.78, 5) is 14.3. The smallest absolute Gasteiger partial charge is 0.410 e. The second kappa shape index (κ2) is 6.96. The van der Waals surface area contributed by atoms with Gasteiger partial charge in [-0.05, 0) is 50.7 Å². The van der Waals surface area contributed by atoms with Crippen LogP contribution in [0.25, 0.3) is 0 Å². The van der Waals surface area contributed by atoms with Crippen molar-refractivity contribution in [1.29, 1.82) is 0 Å². The molecule has 3 heterocycles. The van der Waals surface area contributed by atoms with Gasteiger partial charge in [0.05, 0.1) is 10.9 Å². The van der Waals surface area contributed by atoms with Crippen molar-refractivity contribution >= 4 is 39.1 Å². The molecule has 0 unspecified atom stereocenters. The Hall–Kier alpha value is -0.830. The summed E-state index contributed by atoms with van der Waals surface area (Å²) in [5.74, 6) is 0. The maximum atomic E-state index is 12.7. The molecule has 4 rings (SSSR count). The van der Waals surface area contributed by atoms with Crippen LogP contribution in [-0.2, 0) is 14.8 Å². The van der Waals surface area contributed by atoms with Gasteiger partial charge in [0, 0.05) is 19.1 Å². The lowest BCUT2D eigenvalue weighted by Crippen LogP contribution is -2.48. The first-order valence-corrected chi connectivity index (χ1v) is 11.8. The van der Waals surface area contributed by atoms with E-state index in [9.17, 15) is 13.2 Å². The Labute approximate surface area is 163 Å². The minimum atomic E-state index is -3.50. The van der Waals surface area contributed by atoms with Gasteiger partial charge in [0.2, 0.25) is 0 Å². The van der Waals surface area contributed by atoms with Gasteiger partial charge < -0.3 is 9.64 Å². The summed E-state index contributed by atoms with van der Waals surface area (Å²) >= 11 is 6.96. The normalized spacial score (nSPS) is 25.0. The SMILES string of the molecule is O=C1OC2(CCCCC2)CN1C1CCN(S(=O)(=O)c2ccc(Cl)s2)CC1. The number of carbonyl (C=O) groups excluding carboxylic acids is 1. The Kier molecular flexibility index (Phi) is 4.96. The lowest BCUT2D eigenvalue weighted by molar-refractivity contribution is 0.0259. The van der Waals surface area contributed by atoms with Crippen molar-refractivity contribution in [3.63, 3.8) is 0 Å². The van der Waals surface area contributed by atoms with E-state index >= 15 is 0 Å². The summed E-state index contributed by atoms with van der Waals surface area (Å²) in [6.45, 7) is 1.49. The van der Waals surface area contributed by atoms with Crippen LogP contribution >= 0.6 is 22.9 Å². The minimum absolute atomic E-state index is 0.0576. The number of ether oxygens (including phenoxy) is 1. The fraction of sp³-hybridized carbons (Fsp3) is 0.706. The van der Waals surface area contributed by atoms with Crippen molar-refractivity contribution in [2.45, 2.75) is 60.8 Å². The number of hydrogen-bond acceptors (Lipinski definition) is 5. The number of hydrogen-bond donors (Lipinski definition) is 0. The van der Waals surface area contributed by atoms with Gasteiger partial charge in [-0.1, -0.05) is 18.0 Å². The number of halogens is 1. The molecule has 144 valence electrons. The first-order chi connectivity index (χ1) is 12.4. The molecule has 9 heteroatoms. The number of thiophene rings is 1. The molecule has 1 aromatic rings. The summed E-state index contributed by atoms with van der Waals surface area (Å²) in [5.41, 5.74) is -0.299. The number of amides is 1. The highest BCUT2D eigenvalue weighted by atomic mass is 35.5. The van der Waals surface area contributed by atoms with Crippen LogP contribution in [0.1, 0.15) is 44.9 Å². The first kappa shape index (κ1) is 18.5. The molecule has 1 saturated carbocycles. The van der Waals surface area contributed by atoms with Crippen LogP contribution in [0.5, 0.6) is 0 Å². The van der Waals surface area contributed by atoms with E-state index < -0.39 is 10.0 Å². The summed E-state index contributed by atoms with van der Waals surface area (Å²) in [5, 5.41) is 0. The van der Waals surface area contributed by atoms with Crippen LogP contribution in [0.2, 0.25) is 4.34 Å². The molecule has 0 radical (unpaired) electrons. The number of rotatable bonds is 3. The van der Waals surface area contributed by atoms with Crippen LogP contribution < -0.4 is 0 Å². The Morgan fingerprint density at radius 1 is 1.15 bits per heavy atom. The molecule has 2 saturated heterocycles. The highest BCUT2D eigenvalue weighted by molar-refractivity contribution is 7.91. The molecule has 3 fully saturated rings. The van der Waals surface area contributed by atoms with E-state index in [4.69, 9.17) is 16.3 Å². The van der Waals surface area contributed by atoms with Crippen molar-refractivity contribution in [2.24, 2.45) is 0 Å². The number of nitrogens with zero attached hydrogens (tertiary/aromatic N) is 2. The molecule has 1 spiro atoms. The van der Waals surface area contributed by atoms with Gasteiger partial charge in [-0.3, -0.25) is 0 Å². The number of carbonyl (C=O) groups is 1. The fourth-order valence-corrected chi connectivity index (χ4v) is 7.45. The topological polar surface area (TPSA) is 66.9 Å². The molecule has 0 aromatic carbocycles. The zero-order valence-corrected chi connectivity index (χ0v) is 16.9. The predicted octanol–water partition coefficient (Wildman–Crippen LogP) is 3.71. The van der Waals surface area contributed by atoms with Crippen LogP contribution in [0.15, 0.2) is 16.3 Å². The Morgan fingerprint density at radius 2 is 1.85 bits per heavy atom. The zero-order chi connectivity index (χ0) is 18.4. The highest BCUT2D eigenvalue weighted by Crippen LogP contribution is 2.39. The summed E-state index contributed by atoms with van der Waals surface area (Å²) in [6, 6.07) is 3.22. The zero-order valence-electron chi connectivity index (χ0n) is 14.5. The monoisotopic (exact) mass is 418 g/mol. The average molecular weight is 419 g/mol. The molecule has 26 heavy (non-hydrogen) atoms. The standard InChI is InChI=1S/C17H23ClN2O4S2/c18-14-4-5-15(25-14)26(22,23)19-10-6-13(7-11-19)20-12-17(24-16(20)21)8-2-1-3-9-17/h4-5,13H,1-3,6-12H2. The van der Waals surface area contributed by atoms with E-state index in [-0.39, 0.29) is 21.9 Å². The van der Waals surface area contributed by atoms with E-state index in [0.717, 1.165) is 37.0 Å². The van der Waals surface area contributed by atoms with Gasteiger partial charge in [0.1, 0.15) is 9.81 Å². The van der Waals surface area contributed by atoms with Gasteiger partial charge in [-0.15, -0.1) is 11.3 Å². The molecule has 1 aromatic heterocycles. The lowest BCUT2D eigenvalue weighted by atomic mass is 9.84. The third-order valence-electron chi connectivity index (χ3n) is 5.77. The van der Waals surface area contributed by atoms with Gasteiger partial charge in [-0.25, -0.2) is 13.2 Å². The first-order valence-electron chi connectivity index (χ1n) is 9.15. The molecule has 1 aliphatic carbocycles. The maximum Gasteiger partial charge on any atom is 0.410 e. The van der Waals surface area contributed by atoms with Crippen molar-refractivity contribution in [3.8, 4) is 0 Å². The lowest BCUT2D eigenvalue weighted by Gasteiger charge is -2.36.